The van der Waals surface area contributed by atoms with E-state index in [4.69, 9.17) is 4.52 Å². The molecule has 2 rings (SSSR count). The Morgan fingerprint density at radius 1 is 1.47 bits per heavy atom. The molecule has 17 heavy (non-hydrogen) atoms. The average molecular weight is 258 g/mol. The van der Waals surface area contributed by atoms with Gasteiger partial charge < -0.3 is 9.42 Å². The fourth-order valence-corrected chi connectivity index (χ4v) is 3.04. The molecule has 6 nitrogen and oxygen atoms in total. The molecule has 1 fully saturated rings. The van der Waals surface area contributed by atoms with E-state index in [1.54, 1.807) is 4.90 Å². The van der Waals surface area contributed by atoms with Crippen LogP contribution in [-0.4, -0.2) is 49.0 Å². The summed E-state index contributed by atoms with van der Waals surface area (Å²) in [5.74, 6) is -0.0303. The van der Waals surface area contributed by atoms with Gasteiger partial charge in [0.05, 0.1) is 11.4 Å². The third-order valence-electron chi connectivity index (χ3n) is 2.98. The van der Waals surface area contributed by atoms with Crippen molar-refractivity contribution >= 4 is 15.7 Å². The number of carbonyl (C=O) groups excluding carboxylic acids is 1. The van der Waals surface area contributed by atoms with Crippen LogP contribution < -0.4 is 0 Å². The van der Waals surface area contributed by atoms with Crippen LogP contribution in [-0.2, 0) is 9.84 Å². The van der Waals surface area contributed by atoms with E-state index in [1.165, 1.54) is 18.5 Å². The van der Waals surface area contributed by atoms with Crippen molar-refractivity contribution in [3.05, 3.63) is 18.0 Å². The molecule has 0 aliphatic carbocycles. The Labute approximate surface area is 99.5 Å². The number of carbonyl (C=O) groups is 1. The maximum Gasteiger partial charge on any atom is 0.292 e. The molecule has 0 aromatic carbocycles. The second kappa shape index (κ2) is 4.48. The van der Waals surface area contributed by atoms with Crippen molar-refractivity contribution < 1.29 is 17.7 Å². The first-order chi connectivity index (χ1) is 7.98. The Kier molecular flexibility index (Phi) is 3.19. The van der Waals surface area contributed by atoms with Crippen molar-refractivity contribution in [2.75, 3.05) is 19.3 Å². The van der Waals surface area contributed by atoms with Crippen LogP contribution in [0.3, 0.4) is 0 Å². The minimum atomic E-state index is -3.00. The first-order valence-electron chi connectivity index (χ1n) is 5.37. The Morgan fingerprint density at radius 2 is 2.12 bits per heavy atom. The molecule has 1 aliphatic heterocycles. The summed E-state index contributed by atoms with van der Waals surface area (Å²) in [5, 5.41) is 3.14. The molecule has 1 saturated heterocycles. The summed E-state index contributed by atoms with van der Waals surface area (Å²) >= 11 is 0. The fourth-order valence-electron chi connectivity index (χ4n) is 1.97. The van der Waals surface area contributed by atoms with Gasteiger partial charge in [0.15, 0.2) is 0 Å². The number of sulfone groups is 1. The van der Waals surface area contributed by atoms with Gasteiger partial charge in [0, 0.05) is 25.4 Å². The van der Waals surface area contributed by atoms with Gasteiger partial charge in [-0.05, 0) is 12.8 Å². The summed E-state index contributed by atoms with van der Waals surface area (Å²) in [4.78, 5) is 13.5. The van der Waals surface area contributed by atoms with E-state index < -0.39 is 9.84 Å². The van der Waals surface area contributed by atoms with E-state index in [1.807, 2.05) is 0 Å². The number of amides is 1. The first kappa shape index (κ1) is 12.1. The van der Waals surface area contributed by atoms with Crippen LogP contribution in [0.5, 0.6) is 0 Å². The van der Waals surface area contributed by atoms with Crippen molar-refractivity contribution in [3.63, 3.8) is 0 Å². The minimum absolute atomic E-state index is 0.197. The molecule has 0 bridgehead atoms. The molecule has 0 atom stereocenters. The summed E-state index contributed by atoms with van der Waals surface area (Å²) in [6.45, 7) is 0.883. The molecule has 1 aromatic heterocycles. The number of hydrogen-bond donors (Lipinski definition) is 0. The topological polar surface area (TPSA) is 80.5 Å². The molecule has 0 spiro atoms. The van der Waals surface area contributed by atoms with E-state index in [9.17, 15) is 13.2 Å². The molecule has 1 amide bonds. The van der Waals surface area contributed by atoms with Crippen molar-refractivity contribution in [1.82, 2.24) is 10.1 Å². The van der Waals surface area contributed by atoms with Crippen molar-refractivity contribution in [2.24, 2.45) is 0 Å². The number of aromatic nitrogens is 1. The molecule has 0 N–H and O–H groups in total. The van der Waals surface area contributed by atoms with Crippen molar-refractivity contribution in [2.45, 2.75) is 18.1 Å². The normalized spacial score (nSPS) is 18.3. The standard InChI is InChI=1S/C10H14N2O4S/c1-17(14,15)8-3-6-12(7-4-8)10(13)9-2-5-11-16-9/h2,5,8H,3-4,6-7H2,1H3. The lowest BCUT2D eigenvalue weighted by Gasteiger charge is -2.30. The van der Waals surface area contributed by atoms with Crippen LogP contribution >= 0.6 is 0 Å². The van der Waals surface area contributed by atoms with Crippen LogP contribution in [0.1, 0.15) is 23.4 Å². The zero-order chi connectivity index (χ0) is 12.5. The van der Waals surface area contributed by atoms with Crippen LogP contribution in [0, 0.1) is 0 Å². The second-order valence-corrected chi connectivity index (χ2v) is 6.52. The van der Waals surface area contributed by atoms with Crippen molar-refractivity contribution in [1.29, 1.82) is 0 Å². The summed E-state index contributed by atoms with van der Waals surface area (Å²) < 4.78 is 27.5. The Bertz CT molecular complexity index is 486. The summed E-state index contributed by atoms with van der Waals surface area (Å²) in [6, 6.07) is 1.50. The third-order valence-corrected chi connectivity index (χ3v) is 4.67. The van der Waals surface area contributed by atoms with Crippen LogP contribution in [0.2, 0.25) is 0 Å². The highest BCUT2D eigenvalue weighted by Gasteiger charge is 2.30. The largest absolute Gasteiger partial charge is 0.351 e. The number of hydrogen-bond acceptors (Lipinski definition) is 5. The Morgan fingerprint density at radius 3 is 2.59 bits per heavy atom. The SMILES string of the molecule is CS(=O)(=O)C1CCN(C(=O)c2ccno2)CC1. The highest BCUT2D eigenvalue weighted by Crippen LogP contribution is 2.18. The average Bonchev–Trinajstić information content (AvgIpc) is 2.80. The Hall–Kier alpha value is -1.37. The van der Waals surface area contributed by atoms with Gasteiger partial charge in [0.1, 0.15) is 9.84 Å². The Balaban J connectivity index is 1.98. The lowest BCUT2D eigenvalue weighted by Crippen LogP contribution is -2.42. The number of nitrogens with zero attached hydrogens (tertiary/aromatic N) is 2. The zero-order valence-corrected chi connectivity index (χ0v) is 10.3. The molecular formula is C10H14N2O4S. The van der Waals surface area contributed by atoms with Gasteiger partial charge in [0.25, 0.3) is 5.91 Å². The van der Waals surface area contributed by atoms with E-state index in [0.717, 1.165) is 0 Å². The first-order valence-corrected chi connectivity index (χ1v) is 7.33. The predicted molar refractivity (Wildman–Crippen MR) is 60.3 cm³/mol. The van der Waals surface area contributed by atoms with E-state index in [-0.39, 0.29) is 16.9 Å². The van der Waals surface area contributed by atoms with Crippen molar-refractivity contribution in [3.8, 4) is 0 Å². The van der Waals surface area contributed by atoms with Gasteiger partial charge in [-0.2, -0.15) is 0 Å². The predicted octanol–water partition coefficient (Wildman–Crippen LogP) is 0.324. The molecule has 0 unspecified atom stereocenters. The lowest BCUT2D eigenvalue weighted by molar-refractivity contribution is 0.0683. The highest BCUT2D eigenvalue weighted by molar-refractivity contribution is 7.91. The second-order valence-electron chi connectivity index (χ2n) is 4.20. The minimum Gasteiger partial charge on any atom is -0.351 e. The van der Waals surface area contributed by atoms with Gasteiger partial charge in [-0.25, -0.2) is 8.42 Å². The van der Waals surface area contributed by atoms with E-state index in [2.05, 4.69) is 5.16 Å². The van der Waals surface area contributed by atoms with Gasteiger partial charge in [-0.1, -0.05) is 5.16 Å². The summed E-state index contributed by atoms with van der Waals surface area (Å²) in [5.41, 5.74) is 0. The smallest absolute Gasteiger partial charge is 0.292 e. The molecule has 94 valence electrons. The quantitative estimate of drug-likeness (QED) is 0.763. The molecule has 7 heteroatoms. The number of piperidine rings is 1. The van der Waals surface area contributed by atoms with E-state index >= 15 is 0 Å². The molecule has 2 heterocycles. The monoisotopic (exact) mass is 258 g/mol. The van der Waals surface area contributed by atoms with Crippen LogP contribution in [0.25, 0.3) is 0 Å². The molecule has 1 aromatic rings. The van der Waals surface area contributed by atoms with Gasteiger partial charge in [0.2, 0.25) is 5.76 Å². The highest BCUT2D eigenvalue weighted by atomic mass is 32.2. The summed E-state index contributed by atoms with van der Waals surface area (Å²) in [6.07, 6.45) is 3.62. The molecule has 1 aliphatic rings. The van der Waals surface area contributed by atoms with E-state index in [0.29, 0.717) is 25.9 Å². The van der Waals surface area contributed by atoms with Crippen LogP contribution in [0.15, 0.2) is 16.8 Å². The number of rotatable bonds is 2. The maximum atomic E-state index is 11.9. The van der Waals surface area contributed by atoms with Gasteiger partial charge in [-0.15, -0.1) is 0 Å². The number of likely N-dealkylation sites (tertiary alicyclic amines) is 1. The summed E-state index contributed by atoms with van der Waals surface area (Å²) in [7, 11) is -3.00. The third kappa shape index (κ3) is 2.66. The van der Waals surface area contributed by atoms with Crippen LogP contribution in [0.4, 0.5) is 0 Å². The molecular weight excluding hydrogens is 244 g/mol. The molecule has 0 saturated carbocycles. The maximum absolute atomic E-state index is 11.9. The fraction of sp³-hybridized carbons (Fsp3) is 0.600. The molecule has 0 radical (unpaired) electrons. The lowest BCUT2D eigenvalue weighted by atomic mass is 10.1. The van der Waals surface area contributed by atoms with Gasteiger partial charge in [-0.3, -0.25) is 4.79 Å². The van der Waals surface area contributed by atoms with Gasteiger partial charge >= 0.3 is 0 Å². The zero-order valence-electron chi connectivity index (χ0n) is 9.50.